The molecular formula is C16H24N2O4. The molecule has 1 heterocycles. The Morgan fingerprint density at radius 1 is 1.45 bits per heavy atom. The molecule has 0 bridgehead atoms. The Morgan fingerprint density at radius 2 is 2.23 bits per heavy atom. The summed E-state index contributed by atoms with van der Waals surface area (Å²) in [6, 6.07) is 5.47. The summed E-state index contributed by atoms with van der Waals surface area (Å²) in [5, 5.41) is 18.6. The van der Waals surface area contributed by atoms with Crippen LogP contribution in [0.4, 0.5) is 5.69 Å². The second-order valence-corrected chi connectivity index (χ2v) is 5.61. The van der Waals surface area contributed by atoms with Crippen molar-refractivity contribution in [1.29, 1.82) is 0 Å². The summed E-state index contributed by atoms with van der Waals surface area (Å²) in [5.74, 6) is 0.357. The molecule has 2 atom stereocenters. The van der Waals surface area contributed by atoms with Gasteiger partial charge in [0.2, 0.25) is 0 Å². The highest BCUT2D eigenvalue weighted by Crippen LogP contribution is 2.35. The maximum absolute atomic E-state index is 12.0. The predicted octanol–water partition coefficient (Wildman–Crippen LogP) is 0.955. The highest BCUT2D eigenvalue weighted by molar-refractivity contribution is 5.98. The van der Waals surface area contributed by atoms with Crippen molar-refractivity contribution in [3.63, 3.8) is 0 Å². The number of carbonyl (C=O) groups excluding carboxylic acids is 1. The van der Waals surface area contributed by atoms with E-state index in [9.17, 15) is 9.90 Å². The summed E-state index contributed by atoms with van der Waals surface area (Å²) in [6.07, 6.45) is 2.02. The Morgan fingerprint density at radius 3 is 2.91 bits per heavy atom. The number of rotatable bonds is 7. The molecule has 0 saturated heterocycles. The molecule has 1 aliphatic heterocycles. The Balaban J connectivity index is 2.25. The van der Waals surface area contributed by atoms with Crippen molar-refractivity contribution in [2.24, 2.45) is 5.73 Å². The first-order valence-electron chi connectivity index (χ1n) is 7.68. The van der Waals surface area contributed by atoms with E-state index in [4.69, 9.17) is 15.6 Å². The fourth-order valence-corrected chi connectivity index (χ4v) is 2.51. The molecule has 1 aliphatic rings. The van der Waals surface area contributed by atoms with Crippen LogP contribution in [-0.2, 0) is 4.79 Å². The Bertz CT molecular complexity index is 521. The second kappa shape index (κ2) is 7.58. The van der Waals surface area contributed by atoms with Gasteiger partial charge in [-0.15, -0.1) is 0 Å². The number of fused-ring (bicyclic) bond motifs is 1. The summed E-state index contributed by atoms with van der Waals surface area (Å²) in [6.45, 7) is 1.70. The number of aliphatic hydroxyl groups excluding tert-OH is 2. The van der Waals surface area contributed by atoms with E-state index in [0.717, 1.165) is 24.8 Å². The van der Waals surface area contributed by atoms with Gasteiger partial charge in [0.15, 0.2) is 6.61 Å². The van der Waals surface area contributed by atoms with Crippen LogP contribution in [0.25, 0.3) is 0 Å². The van der Waals surface area contributed by atoms with Gasteiger partial charge in [-0.1, -0.05) is 25.8 Å². The minimum absolute atomic E-state index is 0.0410. The molecule has 0 aliphatic carbocycles. The summed E-state index contributed by atoms with van der Waals surface area (Å²) >= 11 is 0. The SMILES string of the molecule is CCCCC(N)c1ccc2c(c1)N(CC(O)CO)C(=O)CO2. The third-order valence-electron chi connectivity index (χ3n) is 3.83. The average molecular weight is 308 g/mol. The quantitative estimate of drug-likeness (QED) is 0.697. The molecule has 6 nitrogen and oxygen atoms in total. The van der Waals surface area contributed by atoms with Crippen molar-refractivity contribution in [2.45, 2.75) is 38.3 Å². The Kier molecular flexibility index (Phi) is 5.76. The van der Waals surface area contributed by atoms with E-state index in [2.05, 4.69) is 6.92 Å². The van der Waals surface area contributed by atoms with E-state index in [-0.39, 0.29) is 25.1 Å². The molecule has 2 unspecified atom stereocenters. The van der Waals surface area contributed by atoms with Crippen LogP contribution in [0.2, 0.25) is 0 Å². The van der Waals surface area contributed by atoms with Gasteiger partial charge in [-0.25, -0.2) is 0 Å². The van der Waals surface area contributed by atoms with Crippen LogP contribution in [0.15, 0.2) is 18.2 Å². The van der Waals surface area contributed by atoms with Gasteiger partial charge in [-0.3, -0.25) is 4.79 Å². The van der Waals surface area contributed by atoms with E-state index < -0.39 is 12.7 Å². The summed E-state index contributed by atoms with van der Waals surface area (Å²) in [4.78, 5) is 13.5. The van der Waals surface area contributed by atoms with Gasteiger partial charge in [-0.2, -0.15) is 0 Å². The number of amides is 1. The fourth-order valence-electron chi connectivity index (χ4n) is 2.51. The summed E-state index contributed by atoms with van der Waals surface area (Å²) in [5.41, 5.74) is 7.73. The standard InChI is InChI=1S/C16H24N2O4/c1-2-3-4-13(17)11-5-6-15-14(7-11)18(8-12(20)9-19)16(21)10-22-15/h5-7,12-13,19-20H,2-4,8-10,17H2,1H3. The third kappa shape index (κ3) is 3.76. The number of nitrogens with two attached hydrogens (primary N) is 1. The van der Waals surface area contributed by atoms with E-state index in [1.54, 1.807) is 6.07 Å². The number of hydrogen-bond donors (Lipinski definition) is 3. The number of benzene rings is 1. The topological polar surface area (TPSA) is 96.0 Å². The molecule has 0 saturated carbocycles. The number of aliphatic hydroxyl groups is 2. The van der Waals surface area contributed by atoms with Crippen molar-refractivity contribution in [3.8, 4) is 5.75 Å². The van der Waals surface area contributed by atoms with E-state index in [0.29, 0.717) is 11.4 Å². The normalized spacial score (nSPS) is 16.9. The molecule has 22 heavy (non-hydrogen) atoms. The lowest BCUT2D eigenvalue weighted by Gasteiger charge is -2.31. The summed E-state index contributed by atoms with van der Waals surface area (Å²) in [7, 11) is 0. The first kappa shape index (κ1) is 16.7. The molecule has 1 aromatic carbocycles. The number of anilines is 1. The Labute approximate surface area is 130 Å². The maximum atomic E-state index is 12.0. The van der Waals surface area contributed by atoms with E-state index >= 15 is 0 Å². The van der Waals surface area contributed by atoms with Crippen molar-refractivity contribution >= 4 is 11.6 Å². The largest absolute Gasteiger partial charge is 0.482 e. The zero-order valence-corrected chi connectivity index (χ0v) is 12.9. The maximum Gasteiger partial charge on any atom is 0.265 e. The van der Waals surface area contributed by atoms with Crippen molar-refractivity contribution in [3.05, 3.63) is 23.8 Å². The van der Waals surface area contributed by atoms with Gasteiger partial charge in [0.25, 0.3) is 5.91 Å². The third-order valence-corrected chi connectivity index (χ3v) is 3.83. The molecule has 0 spiro atoms. The van der Waals surface area contributed by atoms with Crippen molar-refractivity contribution in [2.75, 3.05) is 24.7 Å². The van der Waals surface area contributed by atoms with Gasteiger partial charge in [0.05, 0.1) is 24.9 Å². The molecule has 0 radical (unpaired) electrons. The molecule has 1 aromatic rings. The molecule has 4 N–H and O–H groups in total. The van der Waals surface area contributed by atoms with Crippen molar-refractivity contribution in [1.82, 2.24) is 0 Å². The molecular weight excluding hydrogens is 284 g/mol. The van der Waals surface area contributed by atoms with E-state index in [1.165, 1.54) is 4.90 Å². The molecule has 6 heteroatoms. The number of hydrogen-bond acceptors (Lipinski definition) is 5. The highest BCUT2D eigenvalue weighted by atomic mass is 16.5. The van der Waals surface area contributed by atoms with Crippen LogP contribution in [0.5, 0.6) is 5.75 Å². The minimum atomic E-state index is -0.979. The number of unbranched alkanes of at least 4 members (excludes halogenated alkanes) is 1. The number of carbonyl (C=O) groups is 1. The summed E-state index contributed by atoms with van der Waals surface area (Å²) < 4.78 is 5.42. The molecule has 2 rings (SSSR count). The minimum Gasteiger partial charge on any atom is -0.482 e. The van der Waals surface area contributed by atoms with E-state index in [1.807, 2.05) is 12.1 Å². The smallest absolute Gasteiger partial charge is 0.265 e. The molecule has 0 aromatic heterocycles. The van der Waals surface area contributed by atoms with Crippen LogP contribution in [0, 0.1) is 0 Å². The zero-order chi connectivity index (χ0) is 16.1. The lowest BCUT2D eigenvalue weighted by atomic mass is 10.0. The highest BCUT2D eigenvalue weighted by Gasteiger charge is 2.27. The van der Waals surface area contributed by atoms with Crippen LogP contribution in [0.3, 0.4) is 0 Å². The van der Waals surface area contributed by atoms with Gasteiger partial charge in [-0.05, 0) is 24.1 Å². The fraction of sp³-hybridized carbons (Fsp3) is 0.562. The molecule has 0 fully saturated rings. The van der Waals surface area contributed by atoms with Crippen molar-refractivity contribution < 1.29 is 19.7 Å². The van der Waals surface area contributed by atoms with Crippen LogP contribution in [-0.4, -0.2) is 42.0 Å². The van der Waals surface area contributed by atoms with Gasteiger partial charge >= 0.3 is 0 Å². The average Bonchev–Trinajstić information content (AvgIpc) is 2.54. The number of nitrogens with zero attached hydrogens (tertiary/aromatic N) is 1. The monoisotopic (exact) mass is 308 g/mol. The van der Waals surface area contributed by atoms with Crippen LogP contribution < -0.4 is 15.4 Å². The number of β-amino-alcohol motifs (C(OH)–C–C–N with tert-alkyl or cyclic N) is 1. The first-order valence-corrected chi connectivity index (χ1v) is 7.68. The van der Waals surface area contributed by atoms with Crippen LogP contribution in [0.1, 0.15) is 37.8 Å². The lowest BCUT2D eigenvalue weighted by molar-refractivity contribution is -0.121. The number of ether oxygens (including phenoxy) is 1. The van der Waals surface area contributed by atoms with Gasteiger partial charge in [0, 0.05) is 6.04 Å². The van der Waals surface area contributed by atoms with Crippen LogP contribution >= 0.6 is 0 Å². The molecule has 122 valence electrons. The Hall–Kier alpha value is -1.63. The second-order valence-electron chi connectivity index (χ2n) is 5.61. The zero-order valence-electron chi connectivity index (χ0n) is 12.9. The predicted molar refractivity (Wildman–Crippen MR) is 83.8 cm³/mol. The first-order chi connectivity index (χ1) is 10.6. The molecule has 1 amide bonds. The lowest BCUT2D eigenvalue weighted by Crippen LogP contribution is -2.44. The van der Waals surface area contributed by atoms with Gasteiger partial charge in [0.1, 0.15) is 5.75 Å². The van der Waals surface area contributed by atoms with Gasteiger partial charge < -0.3 is 25.6 Å².